The summed E-state index contributed by atoms with van der Waals surface area (Å²) in [7, 11) is -3.00. The minimum atomic E-state index is -3.00. The van der Waals surface area contributed by atoms with E-state index in [1.165, 1.54) is 12.5 Å². The van der Waals surface area contributed by atoms with E-state index in [1.807, 2.05) is 0 Å². The smallest absolute Gasteiger partial charge is 0.209 e. The van der Waals surface area contributed by atoms with Crippen molar-refractivity contribution in [3.63, 3.8) is 0 Å². The van der Waals surface area contributed by atoms with Crippen LogP contribution in [-0.2, 0) is 15.6 Å². The van der Waals surface area contributed by atoms with E-state index >= 15 is 0 Å². The quantitative estimate of drug-likeness (QED) is 0.675. The summed E-state index contributed by atoms with van der Waals surface area (Å²) in [5.74, 6) is 0.276. The molecule has 0 atom stereocenters. The third-order valence-electron chi connectivity index (χ3n) is 1.27. The van der Waals surface area contributed by atoms with Gasteiger partial charge in [-0.05, 0) is 0 Å². The Morgan fingerprint density at radius 1 is 1.64 bits per heavy atom. The summed E-state index contributed by atoms with van der Waals surface area (Å²) in [5, 5.41) is 0. The fourth-order valence-electron chi connectivity index (χ4n) is 0.614. The molecule has 0 aliphatic rings. The van der Waals surface area contributed by atoms with E-state index in [0.29, 0.717) is 0 Å². The minimum absolute atomic E-state index is 0.101. The van der Waals surface area contributed by atoms with E-state index in [1.54, 1.807) is 6.92 Å². The van der Waals surface area contributed by atoms with Gasteiger partial charge in [0.15, 0.2) is 9.84 Å². The Labute approximate surface area is 65.2 Å². The van der Waals surface area contributed by atoms with Crippen molar-refractivity contribution in [2.24, 2.45) is 0 Å². The molecule has 0 aromatic carbocycles. The number of hydrogen-bond donors (Lipinski definition) is 0. The van der Waals surface area contributed by atoms with Gasteiger partial charge in [0.05, 0.1) is 6.20 Å². The molecule has 0 aliphatic carbocycles. The van der Waals surface area contributed by atoms with Crippen LogP contribution >= 0.6 is 0 Å². The highest BCUT2D eigenvalue weighted by atomic mass is 32.2. The molecule has 0 radical (unpaired) electrons. The lowest BCUT2D eigenvalue weighted by molar-refractivity contribution is 0.508. The first-order valence-corrected chi connectivity index (χ1v) is 5.05. The summed E-state index contributed by atoms with van der Waals surface area (Å²) in [4.78, 5) is 3.70. The minimum Gasteiger partial charge on any atom is -0.448 e. The first-order valence-electron chi connectivity index (χ1n) is 3.23. The zero-order valence-corrected chi connectivity index (χ0v) is 6.97. The van der Waals surface area contributed by atoms with Gasteiger partial charge in [0.1, 0.15) is 12.0 Å². The molecular weight excluding hydrogens is 166 g/mol. The molecule has 11 heavy (non-hydrogen) atoms. The Kier molecular flexibility index (Phi) is 2.28. The summed E-state index contributed by atoms with van der Waals surface area (Å²) in [6, 6.07) is 0. The molecule has 0 saturated carbocycles. The van der Waals surface area contributed by atoms with Gasteiger partial charge in [-0.15, -0.1) is 0 Å². The largest absolute Gasteiger partial charge is 0.448 e. The van der Waals surface area contributed by atoms with E-state index in [4.69, 9.17) is 4.42 Å². The van der Waals surface area contributed by atoms with Crippen LogP contribution in [-0.4, -0.2) is 19.2 Å². The van der Waals surface area contributed by atoms with Crippen LogP contribution in [0.1, 0.15) is 12.8 Å². The monoisotopic (exact) mass is 175 g/mol. The predicted molar refractivity (Wildman–Crippen MR) is 39.7 cm³/mol. The van der Waals surface area contributed by atoms with Crippen molar-refractivity contribution in [3.8, 4) is 0 Å². The Hall–Kier alpha value is -0.840. The predicted octanol–water partition coefficient (Wildman–Crippen LogP) is 0.609. The number of aromatic nitrogens is 1. The lowest BCUT2D eigenvalue weighted by Crippen LogP contribution is -2.06. The molecule has 0 unspecified atom stereocenters. The van der Waals surface area contributed by atoms with Crippen molar-refractivity contribution < 1.29 is 12.8 Å². The third kappa shape index (κ3) is 2.34. The SMILES string of the molecule is CCS(=O)(=O)Cc1ncco1. The normalized spacial score (nSPS) is 11.7. The number of sulfone groups is 1. The van der Waals surface area contributed by atoms with Crippen molar-refractivity contribution >= 4 is 9.84 Å². The molecule has 0 amide bonds. The Morgan fingerprint density at radius 2 is 2.36 bits per heavy atom. The molecule has 1 heterocycles. The molecule has 1 aromatic heterocycles. The van der Waals surface area contributed by atoms with Gasteiger partial charge in [-0.25, -0.2) is 13.4 Å². The molecule has 4 nitrogen and oxygen atoms in total. The number of nitrogens with zero attached hydrogens (tertiary/aromatic N) is 1. The highest BCUT2D eigenvalue weighted by Gasteiger charge is 2.11. The Balaban J connectivity index is 2.72. The lowest BCUT2D eigenvalue weighted by atomic mass is 10.8. The maximum absolute atomic E-state index is 11.0. The molecule has 0 saturated heterocycles. The van der Waals surface area contributed by atoms with Gasteiger partial charge in [-0.1, -0.05) is 6.92 Å². The molecule has 0 N–H and O–H groups in total. The van der Waals surface area contributed by atoms with Crippen LogP contribution in [0.25, 0.3) is 0 Å². The van der Waals surface area contributed by atoms with Crippen LogP contribution in [0.2, 0.25) is 0 Å². The average molecular weight is 175 g/mol. The summed E-state index contributed by atoms with van der Waals surface area (Å²) in [6.45, 7) is 1.60. The molecule has 62 valence electrons. The Bertz CT molecular complexity index is 301. The highest BCUT2D eigenvalue weighted by molar-refractivity contribution is 7.90. The van der Waals surface area contributed by atoms with Gasteiger partial charge in [-0.3, -0.25) is 0 Å². The standard InChI is InChI=1S/C6H9NO3S/c1-2-11(8,9)5-6-7-3-4-10-6/h3-4H,2,5H2,1H3. The fraction of sp³-hybridized carbons (Fsp3) is 0.500. The number of rotatable bonds is 3. The second-order valence-corrected chi connectivity index (χ2v) is 4.46. The number of oxazole rings is 1. The summed E-state index contributed by atoms with van der Waals surface area (Å²) >= 11 is 0. The van der Waals surface area contributed by atoms with Gasteiger partial charge < -0.3 is 4.42 Å². The highest BCUT2D eigenvalue weighted by Crippen LogP contribution is 2.02. The van der Waals surface area contributed by atoms with Gasteiger partial charge in [0, 0.05) is 5.75 Å². The van der Waals surface area contributed by atoms with E-state index in [9.17, 15) is 8.42 Å². The van der Waals surface area contributed by atoms with E-state index in [0.717, 1.165) is 0 Å². The van der Waals surface area contributed by atoms with E-state index < -0.39 is 9.84 Å². The van der Waals surface area contributed by atoms with Crippen molar-refractivity contribution in [2.75, 3.05) is 5.75 Å². The van der Waals surface area contributed by atoms with Crippen LogP contribution in [0.4, 0.5) is 0 Å². The molecule has 5 heteroatoms. The zero-order valence-electron chi connectivity index (χ0n) is 6.15. The lowest BCUT2D eigenvalue weighted by Gasteiger charge is -1.94. The van der Waals surface area contributed by atoms with E-state index in [-0.39, 0.29) is 17.4 Å². The van der Waals surface area contributed by atoms with Crippen LogP contribution in [0.3, 0.4) is 0 Å². The van der Waals surface area contributed by atoms with Crippen LogP contribution in [0, 0.1) is 0 Å². The summed E-state index contributed by atoms with van der Waals surface area (Å²) < 4.78 is 26.7. The van der Waals surface area contributed by atoms with Gasteiger partial charge in [0.2, 0.25) is 5.89 Å². The van der Waals surface area contributed by atoms with Gasteiger partial charge >= 0.3 is 0 Å². The molecule has 0 spiro atoms. The molecule has 0 aliphatic heterocycles. The van der Waals surface area contributed by atoms with Gasteiger partial charge in [0.25, 0.3) is 0 Å². The first-order chi connectivity index (χ1) is 5.14. The second-order valence-electron chi connectivity index (χ2n) is 2.10. The van der Waals surface area contributed by atoms with Crippen molar-refractivity contribution in [1.82, 2.24) is 4.98 Å². The summed E-state index contributed by atoms with van der Waals surface area (Å²) in [5.41, 5.74) is 0. The van der Waals surface area contributed by atoms with Crippen LogP contribution in [0.15, 0.2) is 16.9 Å². The van der Waals surface area contributed by atoms with Gasteiger partial charge in [-0.2, -0.15) is 0 Å². The van der Waals surface area contributed by atoms with E-state index in [2.05, 4.69) is 4.98 Å². The summed E-state index contributed by atoms with van der Waals surface area (Å²) in [6.07, 6.45) is 2.79. The van der Waals surface area contributed by atoms with Crippen molar-refractivity contribution in [2.45, 2.75) is 12.7 Å². The zero-order chi connectivity index (χ0) is 8.32. The third-order valence-corrected chi connectivity index (χ3v) is 2.83. The molecule has 0 fully saturated rings. The number of hydrogen-bond acceptors (Lipinski definition) is 4. The van der Waals surface area contributed by atoms with Crippen molar-refractivity contribution in [1.29, 1.82) is 0 Å². The topological polar surface area (TPSA) is 60.2 Å². The molecule has 1 rings (SSSR count). The average Bonchev–Trinajstić information content (AvgIpc) is 2.39. The van der Waals surface area contributed by atoms with Crippen LogP contribution < -0.4 is 0 Å². The van der Waals surface area contributed by atoms with Crippen molar-refractivity contribution in [3.05, 3.63) is 18.4 Å². The van der Waals surface area contributed by atoms with Crippen LogP contribution in [0.5, 0.6) is 0 Å². The maximum Gasteiger partial charge on any atom is 0.209 e. The molecule has 0 bridgehead atoms. The molecular formula is C6H9NO3S. The maximum atomic E-state index is 11.0. The Morgan fingerprint density at radius 3 is 2.82 bits per heavy atom. The first kappa shape index (κ1) is 8.26. The fourth-order valence-corrected chi connectivity index (χ4v) is 1.34. The second kappa shape index (κ2) is 3.04. The molecule has 1 aromatic rings.